The SMILES string of the molecule is CCCNCc1cccc(C)c1OCCOC(C)C. The fourth-order valence-electron chi connectivity index (χ4n) is 1.89. The van der Waals surface area contributed by atoms with Crippen LogP contribution >= 0.6 is 0 Å². The van der Waals surface area contributed by atoms with Crippen LogP contribution in [0.4, 0.5) is 0 Å². The van der Waals surface area contributed by atoms with Gasteiger partial charge in [-0.1, -0.05) is 25.1 Å². The zero-order valence-corrected chi connectivity index (χ0v) is 12.7. The van der Waals surface area contributed by atoms with Crippen LogP contribution in [0.3, 0.4) is 0 Å². The maximum atomic E-state index is 5.88. The molecule has 0 heterocycles. The van der Waals surface area contributed by atoms with Crippen LogP contribution in [0.2, 0.25) is 0 Å². The van der Waals surface area contributed by atoms with E-state index in [0.717, 1.165) is 25.3 Å². The summed E-state index contributed by atoms with van der Waals surface area (Å²) in [5.74, 6) is 0.999. The first-order valence-electron chi connectivity index (χ1n) is 7.18. The summed E-state index contributed by atoms with van der Waals surface area (Å²) < 4.78 is 11.4. The molecule has 3 heteroatoms. The minimum Gasteiger partial charge on any atom is -0.491 e. The third-order valence-electron chi connectivity index (χ3n) is 2.82. The summed E-state index contributed by atoms with van der Waals surface area (Å²) in [6, 6.07) is 6.28. The van der Waals surface area contributed by atoms with E-state index < -0.39 is 0 Å². The van der Waals surface area contributed by atoms with Gasteiger partial charge >= 0.3 is 0 Å². The summed E-state index contributed by atoms with van der Waals surface area (Å²) in [7, 11) is 0. The Balaban J connectivity index is 2.53. The van der Waals surface area contributed by atoms with E-state index >= 15 is 0 Å². The number of para-hydroxylation sites is 1. The summed E-state index contributed by atoms with van der Waals surface area (Å²) in [6.45, 7) is 11.4. The van der Waals surface area contributed by atoms with Crippen molar-refractivity contribution in [1.82, 2.24) is 5.32 Å². The molecule has 0 aromatic heterocycles. The average Bonchev–Trinajstić information content (AvgIpc) is 2.37. The highest BCUT2D eigenvalue weighted by Crippen LogP contribution is 2.23. The molecule has 0 saturated heterocycles. The van der Waals surface area contributed by atoms with Crippen molar-refractivity contribution in [3.05, 3.63) is 29.3 Å². The Morgan fingerprint density at radius 3 is 2.68 bits per heavy atom. The van der Waals surface area contributed by atoms with Gasteiger partial charge in [0, 0.05) is 12.1 Å². The molecule has 1 aromatic carbocycles. The van der Waals surface area contributed by atoms with E-state index in [1.807, 2.05) is 13.8 Å². The molecule has 0 fully saturated rings. The fraction of sp³-hybridized carbons (Fsp3) is 0.625. The number of hydrogen-bond donors (Lipinski definition) is 1. The second-order valence-corrected chi connectivity index (χ2v) is 5.01. The van der Waals surface area contributed by atoms with Gasteiger partial charge in [0.25, 0.3) is 0 Å². The van der Waals surface area contributed by atoms with Crippen LogP contribution in [0.25, 0.3) is 0 Å². The molecule has 0 bridgehead atoms. The smallest absolute Gasteiger partial charge is 0.126 e. The van der Waals surface area contributed by atoms with Crippen molar-refractivity contribution >= 4 is 0 Å². The zero-order valence-electron chi connectivity index (χ0n) is 12.7. The molecule has 0 aliphatic rings. The first kappa shape index (κ1) is 16.0. The molecule has 0 saturated carbocycles. The van der Waals surface area contributed by atoms with Crippen molar-refractivity contribution in [3.63, 3.8) is 0 Å². The third kappa shape index (κ3) is 6.08. The minimum atomic E-state index is 0.256. The van der Waals surface area contributed by atoms with Gasteiger partial charge < -0.3 is 14.8 Å². The summed E-state index contributed by atoms with van der Waals surface area (Å²) in [4.78, 5) is 0. The molecule has 0 aliphatic carbocycles. The standard InChI is InChI=1S/C16H27NO2/c1-5-9-17-12-15-8-6-7-14(4)16(15)19-11-10-18-13(2)3/h6-8,13,17H,5,9-12H2,1-4H3. The Hall–Kier alpha value is -1.06. The topological polar surface area (TPSA) is 30.5 Å². The van der Waals surface area contributed by atoms with E-state index in [-0.39, 0.29) is 6.10 Å². The minimum absolute atomic E-state index is 0.256. The highest BCUT2D eigenvalue weighted by atomic mass is 16.5. The third-order valence-corrected chi connectivity index (χ3v) is 2.82. The first-order chi connectivity index (χ1) is 9.15. The van der Waals surface area contributed by atoms with Crippen LogP contribution in [-0.4, -0.2) is 25.9 Å². The lowest BCUT2D eigenvalue weighted by atomic mass is 10.1. The number of ether oxygens (including phenoxy) is 2. The maximum Gasteiger partial charge on any atom is 0.126 e. The van der Waals surface area contributed by atoms with E-state index in [1.165, 1.54) is 11.1 Å². The van der Waals surface area contributed by atoms with Crippen LogP contribution < -0.4 is 10.1 Å². The number of nitrogens with one attached hydrogen (secondary N) is 1. The summed E-state index contributed by atoms with van der Waals surface area (Å²) in [6.07, 6.45) is 1.40. The summed E-state index contributed by atoms with van der Waals surface area (Å²) >= 11 is 0. The largest absolute Gasteiger partial charge is 0.491 e. The van der Waals surface area contributed by atoms with Crippen molar-refractivity contribution in [2.24, 2.45) is 0 Å². The fourth-order valence-corrected chi connectivity index (χ4v) is 1.89. The van der Waals surface area contributed by atoms with Crippen LogP contribution in [0.5, 0.6) is 5.75 Å². The zero-order chi connectivity index (χ0) is 14.1. The molecule has 1 aromatic rings. The number of hydrogen-bond acceptors (Lipinski definition) is 3. The Morgan fingerprint density at radius 2 is 2.00 bits per heavy atom. The molecule has 0 amide bonds. The van der Waals surface area contributed by atoms with E-state index in [2.05, 4.69) is 37.4 Å². The molecule has 0 radical (unpaired) electrons. The predicted molar refractivity (Wildman–Crippen MR) is 79.8 cm³/mol. The first-order valence-corrected chi connectivity index (χ1v) is 7.18. The van der Waals surface area contributed by atoms with Gasteiger partial charge in [0.1, 0.15) is 12.4 Å². The van der Waals surface area contributed by atoms with Crippen LogP contribution in [0, 0.1) is 6.92 Å². The van der Waals surface area contributed by atoms with Crippen LogP contribution in [0.15, 0.2) is 18.2 Å². The van der Waals surface area contributed by atoms with E-state index in [1.54, 1.807) is 0 Å². The van der Waals surface area contributed by atoms with Gasteiger partial charge in [-0.05, 0) is 39.3 Å². The van der Waals surface area contributed by atoms with Gasteiger partial charge in [-0.25, -0.2) is 0 Å². The van der Waals surface area contributed by atoms with Crippen molar-refractivity contribution in [3.8, 4) is 5.75 Å². The predicted octanol–water partition coefficient (Wildman–Crippen LogP) is 3.30. The lowest BCUT2D eigenvalue weighted by Gasteiger charge is -2.15. The lowest BCUT2D eigenvalue weighted by Crippen LogP contribution is -2.16. The average molecular weight is 265 g/mol. The van der Waals surface area contributed by atoms with Gasteiger partial charge in [-0.3, -0.25) is 0 Å². The van der Waals surface area contributed by atoms with E-state index in [0.29, 0.717) is 13.2 Å². The molecule has 0 atom stereocenters. The molecule has 0 unspecified atom stereocenters. The molecular formula is C16H27NO2. The molecule has 1 N–H and O–H groups in total. The normalized spacial score (nSPS) is 11.0. The number of benzene rings is 1. The van der Waals surface area contributed by atoms with Gasteiger partial charge in [0.15, 0.2) is 0 Å². The van der Waals surface area contributed by atoms with Gasteiger partial charge in [0.2, 0.25) is 0 Å². The Bertz CT molecular complexity index is 364. The summed E-state index contributed by atoms with van der Waals surface area (Å²) in [5, 5.41) is 3.42. The van der Waals surface area contributed by atoms with E-state index in [4.69, 9.17) is 9.47 Å². The molecule has 1 rings (SSSR count). The lowest BCUT2D eigenvalue weighted by molar-refractivity contribution is 0.0549. The monoisotopic (exact) mass is 265 g/mol. The second kappa shape index (κ2) is 8.94. The number of rotatable bonds is 9. The highest BCUT2D eigenvalue weighted by Gasteiger charge is 2.06. The Labute approximate surface area is 117 Å². The molecule has 108 valence electrons. The van der Waals surface area contributed by atoms with Gasteiger partial charge in [-0.2, -0.15) is 0 Å². The number of aryl methyl sites for hydroxylation is 1. The maximum absolute atomic E-state index is 5.88. The summed E-state index contributed by atoms with van der Waals surface area (Å²) in [5.41, 5.74) is 2.40. The second-order valence-electron chi connectivity index (χ2n) is 5.01. The van der Waals surface area contributed by atoms with Crippen molar-refractivity contribution in [2.75, 3.05) is 19.8 Å². The Morgan fingerprint density at radius 1 is 1.21 bits per heavy atom. The Kier molecular flexibility index (Phi) is 7.53. The highest BCUT2D eigenvalue weighted by molar-refractivity contribution is 5.40. The molecule has 19 heavy (non-hydrogen) atoms. The van der Waals surface area contributed by atoms with Crippen molar-refractivity contribution < 1.29 is 9.47 Å². The van der Waals surface area contributed by atoms with Crippen molar-refractivity contribution in [2.45, 2.75) is 46.8 Å². The van der Waals surface area contributed by atoms with E-state index in [9.17, 15) is 0 Å². The van der Waals surface area contributed by atoms with Crippen LogP contribution in [0.1, 0.15) is 38.3 Å². The molecule has 0 spiro atoms. The molecular weight excluding hydrogens is 238 g/mol. The molecule has 0 aliphatic heterocycles. The molecule has 3 nitrogen and oxygen atoms in total. The quantitative estimate of drug-likeness (QED) is 0.695. The van der Waals surface area contributed by atoms with Crippen LogP contribution in [-0.2, 0) is 11.3 Å². The van der Waals surface area contributed by atoms with Crippen molar-refractivity contribution in [1.29, 1.82) is 0 Å². The van der Waals surface area contributed by atoms with Gasteiger partial charge in [0.05, 0.1) is 12.7 Å². The van der Waals surface area contributed by atoms with Gasteiger partial charge in [-0.15, -0.1) is 0 Å².